The van der Waals surface area contributed by atoms with E-state index in [1.54, 1.807) is 35.3 Å². The van der Waals surface area contributed by atoms with Crippen LogP contribution in [0.2, 0.25) is 5.02 Å². The molecule has 150 valence electrons. The summed E-state index contributed by atoms with van der Waals surface area (Å²) in [6.07, 6.45) is 3.99. The maximum absolute atomic E-state index is 12.3. The summed E-state index contributed by atoms with van der Waals surface area (Å²) in [5.41, 5.74) is 1.28. The third-order valence-corrected chi connectivity index (χ3v) is 5.29. The lowest BCUT2D eigenvalue weighted by molar-refractivity contribution is -0.115. The van der Waals surface area contributed by atoms with E-state index in [-0.39, 0.29) is 22.0 Å². The molecular formula is C18H16ClN5O4S. The van der Waals surface area contributed by atoms with Gasteiger partial charge in [-0.1, -0.05) is 11.6 Å². The van der Waals surface area contributed by atoms with Gasteiger partial charge in [-0.25, -0.2) is 18.1 Å². The fraction of sp³-hybridized carbons (Fsp3) is 0.111. The monoisotopic (exact) mass is 433 g/mol. The molecule has 0 saturated heterocycles. The molecule has 1 aromatic heterocycles. The quantitative estimate of drug-likeness (QED) is 0.609. The summed E-state index contributed by atoms with van der Waals surface area (Å²) in [5, 5.41) is 9.15. The standard InChI is InChI=1S/C18H16ClN5O4S/c1-29(27,28)14-6-7-16(19)15(8-14)18(26)21-9-17(25)23-12-2-4-13(5-3-12)24-11-20-10-22-24/h2-8,10-11H,9H2,1H3,(H,21,26)(H,23,25). The highest BCUT2D eigenvalue weighted by Crippen LogP contribution is 2.20. The van der Waals surface area contributed by atoms with Crippen molar-refractivity contribution >= 4 is 38.9 Å². The van der Waals surface area contributed by atoms with E-state index in [1.165, 1.54) is 24.5 Å². The zero-order valence-electron chi connectivity index (χ0n) is 15.2. The smallest absolute Gasteiger partial charge is 0.253 e. The van der Waals surface area contributed by atoms with E-state index in [0.29, 0.717) is 5.69 Å². The van der Waals surface area contributed by atoms with E-state index in [9.17, 15) is 18.0 Å². The van der Waals surface area contributed by atoms with Gasteiger partial charge >= 0.3 is 0 Å². The van der Waals surface area contributed by atoms with Crippen LogP contribution in [0.25, 0.3) is 5.69 Å². The maximum atomic E-state index is 12.3. The van der Waals surface area contributed by atoms with Crippen LogP contribution in [0.4, 0.5) is 5.69 Å². The second-order valence-corrected chi connectivity index (χ2v) is 8.45. The zero-order chi connectivity index (χ0) is 21.0. The third-order valence-electron chi connectivity index (χ3n) is 3.85. The SMILES string of the molecule is CS(=O)(=O)c1ccc(Cl)c(C(=O)NCC(=O)Nc2ccc(-n3cncn3)cc2)c1. The van der Waals surface area contributed by atoms with Crippen LogP contribution in [-0.2, 0) is 14.6 Å². The molecule has 2 N–H and O–H groups in total. The van der Waals surface area contributed by atoms with Crippen molar-refractivity contribution in [2.24, 2.45) is 0 Å². The van der Waals surface area contributed by atoms with Gasteiger partial charge in [0.1, 0.15) is 12.7 Å². The highest BCUT2D eigenvalue weighted by Gasteiger charge is 2.16. The van der Waals surface area contributed by atoms with Gasteiger partial charge < -0.3 is 10.6 Å². The first kappa shape index (κ1) is 20.5. The van der Waals surface area contributed by atoms with Crippen molar-refractivity contribution in [2.45, 2.75) is 4.90 Å². The number of halogens is 1. The summed E-state index contributed by atoms with van der Waals surface area (Å²) in [7, 11) is -3.50. The van der Waals surface area contributed by atoms with Crippen LogP contribution in [-0.4, -0.2) is 47.8 Å². The Balaban J connectivity index is 1.60. The van der Waals surface area contributed by atoms with Crippen LogP contribution in [0.15, 0.2) is 60.0 Å². The Morgan fingerprint density at radius 1 is 1.14 bits per heavy atom. The van der Waals surface area contributed by atoms with Crippen LogP contribution < -0.4 is 10.6 Å². The fourth-order valence-electron chi connectivity index (χ4n) is 2.41. The molecule has 0 aliphatic carbocycles. The third kappa shape index (κ3) is 5.18. The molecule has 3 rings (SSSR count). The van der Waals surface area contributed by atoms with Gasteiger partial charge in [0.15, 0.2) is 9.84 Å². The predicted octanol–water partition coefficient (Wildman–Crippen LogP) is 1.69. The molecule has 0 atom stereocenters. The van der Waals surface area contributed by atoms with E-state index in [4.69, 9.17) is 11.6 Å². The van der Waals surface area contributed by atoms with E-state index in [0.717, 1.165) is 11.9 Å². The number of nitrogens with zero attached hydrogens (tertiary/aromatic N) is 3. The van der Waals surface area contributed by atoms with Gasteiger partial charge in [0.2, 0.25) is 5.91 Å². The highest BCUT2D eigenvalue weighted by molar-refractivity contribution is 7.90. The molecule has 3 aromatic rings. The van der Waals surface area contributed by atoms with E-state index < -0.39 is 21.7 Å². The summed E-state index contributed by atoms with van der Waals surface area (Å²) < 4.78 is 24.8. The Kier molecular flexibility index (Phi) is 5.95. The van der Waals surface area contributed by atoms with Crippen LogP contribution >= 0.6 is 11.6 Å². The number of sulfone groups is 1. The van der Waals surface area contributed by atoms with Gasteiger partial charge in [-0.05, 0) is 42.5 Å². The number of hydrogen-bond donors (Lipinski definition) is 2. The molecule has 0 aliphatic heterocycles. The minimum atomic E-state index is -3.50. The first-order valence-electron chi connectivity index (χ1n) is 8.27. The second kappa shape index (κ2) is 8.41. The van der Waals surface area contributed by atoms with Crippen LogP contribution in [0, 0.1) is 0 Å². The number of nitrogens with one attached hydrogen (secondary N) is 2. The summed E-state index contributed by atoms with van der Waals surface area (Å²) in [6.45, 7) is -0.316. The summed E-state index contributed by atoms with van der Waals surface area (Å²) in [5.74, 6) is -1.11. The number of anilines is 1. The van der Waals surface area contributed by atoms with Crippen molar-refractivity contribution < 1.29 is 18.0 Å². The summed E-state index contributed by atoms with van der Waals surface area (Å²) >= 11 is 5.98. The Bertz CT molecular complexity index is 1150. The average Bonchev–Trinajstić information content (AvgIpc) is 3.21. The molecule has 0 bridgehead atoms. The van der Waals surface area contributed by atoms with Gasteiger partial charge in [-0.3, -0.25) is 9.59 Å². The maximum Gasteiger partial charge on any atom is 0.253 e. The minimum absolute atomic E-state index is 0.0282. The van der Waals surface area contributed by atoms with Gasteiger partial charge in [0.25, 0.3) is 5.91 Å². The van der Waals surface area contributed by atoms with Crippen LogP contribution in [0.1, 0.15) is 10.4 Å². The van der Waals surface area contributed by atoms with E-state index in [2.05, 4.69) is 20.7 Å². The fourth-order valence-corrected chi connectivity index (χ4v) is 3.26. The molecule has 2 aromatic carbocycles. The van der Waals surface area contributed by atoms with Gasteiger partial charge in [0.05, 0.1) is 27.7 Å². The number of carbonyl (C=O) groups is 2. The highest BCUT2D eigenvalue weighted by atomic mass is 35.5. The van der Waals surface area contributed by atoms with Gasteiger partial charge in [0, 0.05) is 11.9 Å². The molecule has 2 amide bonds. The van der Waals surface area contributed by atoms with Crippen molar-refractivity contribution in [3.05, 3.63) is 65.7 Å². The van der Waals surface area contributed by atoms with Crippen molar-refractivity contribution in [3.63, 3.8) is 0 Å². The van der Waals surface area contributed by atoms with Crippen molar-refractivity contribution in [2.75, 3.05) is 18.1 Å². The van der Waals surface area contributed by atoms with Crippen LogP contribution in [0.3, 0.4) is 0 Å². The summed E-state index contributed by atoms with van der Waals surface area (Å²) in [6, 6.07) is 10.7. The number of benzene rings is 2. The lowest BCUT2D eigenvalue weighted by Crippen LogP contribution is -2.33. The molecule has 0 radical (unpaired) electrons. The first-order valence-corrected chi connectivity index (χ1v) is 10.5. The molecule has 0 fully saturated rings. The van der Waals surface area contributed by atoms with Crippen LogP contribution in [0.5, 0.6) is 0 Å². The normalized spacial score (nSPS) is 11.1. The lowest BCUT2D eigenvalue weighted by Gasteiger charge is -2.09. The predicted molar refractivity (Wildman–Crippen MR) is 107 cm³/mol. The van der Waals surface area contributed by atoms with Gasteiger partial charge in [-0.15, -0.1) is 0 Å². The minimum Gasteiger partial charge on any atom is -0.343 e. The topological polar surface area (TPSA) is 123 Å². The first-order chi connectivity index (χ1) is 13.7. The summed E-state index contributed by atoms with van der Waals surface area (Å²) in [4.78, 5) is 28.2. The molecule has 1 heterocycles. The number of aromatic nitrogens is 3. The molecule has 11 heteroatoms. The van der Waals surface area contributed by atoms with Gasteiger partial charge in [-0.2, -0.15) is 5.10 Å². The molecule has 0 saturated carbocycles. The number of hydrogen-bond acceptors (Lipinski definition) is 6. The number of amides is 2. The van der Waals surface area contributed by atoms with Crippen molar-refractivity contribution in [1.82, 2.24) is 20.1 Å². The Morgan fingerprint density at radius 3 is 2.48 bits per heavy atom. The molecule has 29 heavy (non-hydrogen) atoms. The molecule has 9 nitrogen and oxygen atoms in total. The lowest BCUT2D eigenvalue weighted by atomic mass is 10.2. The van der Waals surface area contributed by atoms with Crippen molar-refractivity contribution in [1.29, 1.82) is 0 Å². The average molecular weight is 434 g/mol. The Hall–Kier alpha value is -3.24. The Morgan fingerprint density at radius 2 is 1.86 bits per heavy atom. The molecular weight excluding hydrogens is 418 g/mol. The largest absolute Gasteiger partial charge is 0.343 e. The zero-order valence-corrected chi connectivity index (χ0v) is 16.7. The molecule has 0 spiro atoms. The van der Waals surface area contributed by atoms with Crippen molar-refractivity contribution in [3.8, 4) is 5.69 Å². The second-order valence-electron chi connectivity index (χ2n) is 6.03. The number of carbonyl (C=O) groups excluding carboxylic acids is 2. The Labute approximate surface area is 171 Å². The van der Waals surface area contributed by atoms with E-state index in [1.807, 2.05) is 0 Å². The molecule has 0 aliphatic rings. The number of rotatable bonds is 6. The molecule has 0 unspecified atom stereocenters. The van der Waals surface area contributed by atoms with E-state index >= 15 is 0 Å².